The summed E-state index contributed by atoms with van der Waals surface area (Å²) in [6.45, 7) is 1.93. The Hall–Kier alpha value is -2.66. The minimum absolute atomic E-state index is 0.190. The van der Waals surface area contributed by atoms with Crippen molar-refractivity contribution in [2.45, 2.75) is 6.92 Å². The summed E-state index contributed by atoms with van der Waals surface area (Å²) in [4.78, 5) is 23.3. The van der Waals surface area contributed by atoms with Crippen LogP contribution in [0, 0.1) is 6.92 Å². The van der Waals surface area contributed by atoms with Crippen LogP contribution in [0.5, 0.6) is 0 Å². The highest BCUT2D eigenvalue weighted by atomic mass is 16.2. The van der Waals surface area contributed by atoms with Gasteiger partial charge in [-0.1, -0.05) is 17.7 Å². The molecule has 0 aliphatic carbocycles. The number of anilines is 1. The molecular weight excluding hydrogens is 254 g/mol. The van der Waals surface area contributed by atoms with Crippen molar-refractivity contribution in [3.63, 3.8) is 0 Å². The number of benzene rings is 2. The Bertz CT molecular complexity index is 636. The minimum atomic E-state index is -0.374. The second kappa shape index (κ2) is 5.99. The van der Waals surface area contributed by atoms with Gasteiger partial charge in [-0.25, -0.2) is 5.84 Å². The van der Waals surface area contributed by atoms with Crippen LogP contribution >= 0.6 is 0 Å². The van der Waals surface area contributed by atoms with E-state index >= 15 is 0 Å². The number of hydrogen-bond donors (Lipinski definition) is 3. The van der Waals surface area contributed by atoms with E-state index < -0.39 is 0 Å². The average molecular weight is 269 g/mol. The molecule has 5 nitrogen and oxygen atoms in total. The van der Waals surface area contributed by atoms with Crippen molar-refractivity contribution in [2.24, 2.45) is 5.84 Å². The van der Waals surface area contributed by atoms with E-state index in [2.05, 4.69) is 5.32 Å². The number of hydrogen-bond acceptors (Lipinski definition) is 3. The summed E-state index contributed by atoms with van der Waals surface area (Å²) in [5.41, 5.74) is 4.71. The number of nitrogens with two attached hydrogens (primary N) is 1. The molecule has 0 bridgehead atoms. The van der Waals surface area contributed by atoms with Crippen molar-refractivity contribution in [3.8, 4) is 0 Å². The molecule has 5 heteroatoms. The highest BCUT2D eigenvalue weighted by molar-refractivity contribution is 6.04. The molecule has 0 saturated heterocycles. The summed E-state index contributed by atoms with van der Waals surface area (Å²) in [5.74, 6) is 4.48. The van der Waals surface area contributed by atoms with E-state index in [0.717, 1.165) is 5.56 Å². The maximum absolute atomic E-state index is 12.0. The summed E-state index contributed by atoms with van der Waals surface area (Å²) in [5, 5.41) is 2.77. The van der Waals surface area contributed by atoms with E-state index in [-0.39, 0.29) is 11.8 Å². The first-order chi connectivity index (χ1) is 9.60. The summed E-state index contributed by atoms with van der Waals surface area (Å²) in [6.07, 6.45) is 0. The fourth-order valence-corrected chi connectivity index (χ4v) is 1.78. The molecule has 102 valence electrons. The van der Waals surface area contributed by atoms with E-state index in [1.54, 1.807) is 30.3 Å². The third-order valence-electron chi connectivity index (χ3n) is 2.82. The van der Waals surface area contributed by atoms with Gasteiger partial charge in [-0.15, -0.1) is 0 Å². The fraction of sp³-hybridized carbons (Fsp3) is 0.0667. The van der Waals surface area contributed by atoms with Crippen molar-refractivity contribution in [3.05, 3.63) is 65.2 Å². The summed E-state index contributed by atoms with van der Waals surface area (Å²) < 4.78 is 0. The summed E-state index contributed by atoms with van der Waals surface area (Å²) >= 11 is 0. The lowest BCUT2D eigenvalue weighted by Crippen LogP contribution is -2.29. The number of hydrazine groups is 1. The Labute approximate surface area is 116 Å². The third-order valence-corrected chi connectivity index (χ3v) is 2.82. The SMILES string of the molecule is Cc1cccc(C(=O)Nc2ccc(C(=O)NN)cc2)c1. The van der Waals surface area contributed by atoms with Crippen molar-refractivity contribution in [1.29, 1.82) is 0 Å². The number of aryl methyl sites for hydroxylation is 1. The summed E-state index contributed by atoms with van der Waals surface area (Å²) in [6, 6.07) is 13.8. The molecule has 0 spiro atoms. The molecule has 0 aliphatic heterocycles. The van der Waals surface area contributed by atoms with E-state index in [9.17, 15) is 9.59 Å². The second-order valence-corrected chi connectivity index (χ2v) is 4.37. The molecule has 0 unspecified atom stereocenters. The number of carbonyl (C=O) groups is 2. The summed E-state index contributed by atoms with van der Waals surface area (Å²) in [7, 11) is 0. The lowest BCUT2D eigenvalue weighted by Gasteiger charge is -2.06. The zero-order valence-electron chi connectivity index (χ0n) is 11.0. The van der Waals surface area contributed by atoms with Gasteiger partial charge in [0, 0.05) is 16.8 Å². The van der Waals surface area contributed by atoms with Crippen LogP contribution in [-0.2, 0) is 0 Å². The van der Waals surface area contributed by atoms with Crippen LogP contribution in [0.25, 0.3) is 0 Å². The largest absolute Gasteiger partial charge is 0.322 e. The number of amides is 2. The minimum Gasteiger partial charge on any atom is -0.322 e. The van der Waals surface area contributed by atoms with E-state index in [1.807, 2.05) is 30.5 Å². The Morgan fingerprint density at radius 1 is 0.950 bits per heavy atom. The van der Waals surface area contributed by atoms with Gasteiger partial charge in [-0.3, -0.25) is 15.0 Å². The predicted octanol–water partition coefficient (Wildman–Crippen LogP) is 1.85. The maximum atomic E-state index is 12.0. The standard InChI is InChI=1S/C15H15N3O2/c1-10-3-2-4-12(9-10)14(19)17-13-7-5-11(6-8-13)15(20)18-16/h2-9H,16H2,1H3,(H,17,19)(H,18,20). The molecule has 2 rings (SSSR count). The van der Waals surface area contributed by atoms with Gasteiger partial charge in [0.2, 0.25) is 0 Å². The Morgan fingerprint density at radius 2 is 1.65 bits per heavy atom. The molecule has 0 saturated carbocycles. The smallest absolute Gasteiger partial charge is 0.265 e. The van der Waals surface area contributed by atoms with Gasteiger partial charge in [0.15, 0.2) is 0 Å². The zero-order chi connectivity index (χ0) is 14.5. The number of rotatable bonds is 3. The lowest BCUT2D eigenvalue weighted by molar-refractivity contribution is 0.0953. The third kappa shape index (κ3) is 3.21. The van der Waals surface area contributed by atoms with Gasteiger partial charge in [-0.2, -0.15) is 0 Å². The number of nitrogen functional groups attached to an aromatic ring is 1. The monoisotopic (exact) mass is 269 g/mol. The van der Waals surface area contributed by atoms with Crippen molar-refractivity contribution >= 4 is 17.5 Å². The molecule has 0 radical (unpaired) electrons. The van der Waals surface area contributed by atoms with Crippen LogP contribution in [0.2, 0.25) is 0 Å². The molecule has 4 N–H and O–H groups in total. The van der Waals surface area contributed by atoms with Crippen LogP contribution in [-0.4, -0.2) is 11.8 Å². The molecule has 0 fully saturated rings. The normalized spacial score (nSPS) is 9.90. The first-order valence-corrected chi connectivity index (χ1v) is 6.09. The first-order valence-electron chi connectivity index (χ1n) is 6.09. The van der Waals surface area contributed by atoms with Gasteiger partial charge in [0.1, 0.15) is 0 Å². The Balaban J connectivity index is 2.10. The second-order valence-electron chi connectivity index (χ2n) is 4.37. The maximum Gasteiger partial charge on any atom is 0.265 e. The highest BCUT2D eigenvalue weighted by Crippen LogP contribution is 2.12. The van der Waals surface area contributed by atoms with Crippen LogP contribution in [0.3, 0.4) is 0 Å². The average Bonchev–Trinajstić information content (AvgIpc) is 2.47. The van der Waals surface area contributed by atoms with Crippen LogP contribution < -0.4 is 16.6 Å². The number of nitrogens with one attached hydrogen (secondary N) is 2. The van der Waals surface area contributed by atoms with Crippen molar-refractivity contribution < 1.29 is 9.59 Å². The number of carbonyl (C=O) groups excluding carboxylic acids is 2. The Morgan fingerprint density at radius 3 is 2.25 bits per heavy atom. The van der Waals surface area contributed by atoms with Crippen LogP contribution in [0.15, 0.2) is 48.5 Å². The molecule has 2 aromatic carbocycles. The van der Waals surface area contributed by atoms with Gasteiger partial charge >= 0.3 is 0 Å². The van der Waals surface area contributed by atoms with Gasteiger partial charge in [-0.05, 0) is 43.3 Å². The molecule has 20 heavy (non-hydrogen) atoms. The Kier molecular flexibility index (Phi) is 4.12. The fourth-order valence-electron chi connectivity index (χ4n) is 1.78. The molecule has 0 aliphatic rings. The molecule has 2 amide bonds. The first kappa shape index (κ1) is 13.8. The topological polar surface area (TPSA) is 84.2 Å². The molecule has 0 heterocycles. The van der Waals surface area contributed by atoms with Crippen LogP contribution in [0.1, 0.15) is 26.3 Å². The van der Waals surface area contributed by atoms with E-state index in [0.29, 0.717) is 16.8 Å². The van der Waals surface area contributed by atoms with Gasteiger partial charge in [0.05, 0.1) is 0 Å². The zero-order valence-corrected chi connectivity index (χ0v) is 11.0. The quantitative estimate of drug-likeness (QED) is 0.451. The van der Waals surface area contributed by atoms with Crippen LogP contribution in [0.4, 0.5) is 5.69 Å². The lowest BCUT2D eigenvalue weighted by atomic mass is 10.1. The van der Waals surface area contributed by atoms with Gasteiger partial charge < -0.3 is 5.32 Å². The van der Waals surface area contributed by atoms with E-state index in [4.69, 9.17) is 5.84 Å². The molecule has 0 atom stereocenters. The van der Waals surface area contributed by atoms with E-state index in [1.165, 1.54) is 0 Å². The van der Waals surface area contributed by atoms with Crippen molar-refractivity contribution in [1.82, 2.24) is 5.43 Å². The molecule has 0 aromatic heterocycles. The molecule has 2 aromatic rings. The highest BCUT2D eigenvalue weighted by Gasteiger charge is 2.07. The predicted molar refractivity (Wildman–Crippen MR) is 77.2 cm³/mol. The van der Waals surface area contributed by atoms with Gasteiger partial charge in [0.25, 0.3) is 11.8 Å². The van der Waals surface area contributed by atoms with Crippen molar-refractivity contribution in [2.75, 3.05) is 5.32 Å². The molecular formula is C15H15N3O2.